The average Bonchev–Trinajstić information content (AvgIpc) is 2.07. The van der Waals surface area contributed by atoms with Gasteiger partial charge >= 0.3 is 26.7 Å². The summed E-state index contributed by atoms with van der Waals surface area (Å²) in [5, 5.41) is 0. The molecule has 0 fully saturated rings. The Morgan fingerprint density at radius 2 is 1.82 bits per heavy atom. The molecule has 0 amide bonds. The van der Waals surface area contributed by atoms with E-state index in [1.807, 2.05) is 0 Å². The molecule has 0 rings (SSSR count). The monoisotopic (exact) mass is 291 g/mol. The summed E-state index contributed by atoms with van der Waals surface area (Å²) in [6.45, 7) is 3.51. The fourth-order valence-corrected chi connectivity index (χ4v) is 2.00. The van der Waals surface area contributed by atoms with E-state index >= 15 is 0 Å². The van der Waals surface area contributed by atoms with Crippen molar-refractivity contribution in [1.82, 2.24) is 4.13 Å². The molecule has 0 aromatic rings. The Kier molecular flexibility index (Phi) is 5.68. The molecule has 0 atom stereocenters. The first-order valence-electron chi connectivity index (χ1n) is 3.99. The SMILES string of the molecule is C=C(C)C(=O)OCCOS(=O)(=O)NS(=O)(=O)F. The number of nitrogens with one attached hydrogen (secondary N) is 1. The minimum Gasteiger partial charge on any atom is -0.460 e. The second-order valence-corrected chi connectivity index (χ2v) is 5.40. The Balaban J connectivity index is 4.06. The number of rotatable bonds is 7. The lowest BCUT2D eigenvalue weighted by Gasteiger charge is -2.05. The van der Waals surface area contributed by atoms with E-state index in [-0.39, 0.29) is 5.57 Å². The molecular formula is C6H10FNO7S2. The lowest BCUT2D eigenvalue weighted by molar-refractivity contribution is -0.139. The van der Waals surface area contributed by atoms with Gasteiger partial charge in [0.2, 0.25) is 0 Å². The van der Waals surface area contributed by atoms with E-state index in [0.29, 0.717) is 4.13 Å². The molecule has 0 saturated heterocycles. The van der Waals surface area contributed by atoms with Gasteiger partial charge in [0.1, 0.15) is 13.2 Å². The smallest absolute Gasteiger partial charge is 0.387 e. The predicted octanol–water partition coefficient (Wildman–Crippen LogP) is -0.829. The van der Waals surface area contributed by atoms with E-state index in [0.717, 1.165) is 0 Å². The second kappa shape index (κ2) is 6.05. The minimum atomic E-state index is -5.43. The first-order valence-corrected chi connectivity index (χ1v) is 6.78. The fraction of sp³-hybridized carbons (Fsp3) is 0.500. The second-order valence-electron chi connectivity index (χ2n) is 2.71. The van der Waals surface area contributed by atoms with Crippen molar-refractivity contribution in [3.63, 3.8) is 0 Å². The van der Waals surface area contributed by atoms with Crippen molar-refractivity contribution >= 4 is 26.7 Å². The third kappa shape index (κ3) is 8.74. The molecule has 100 valence electrons. The standard InChI is InChI=1S/C6H10FNO7S2/c1-5(2)6(9)14-3-4-15-17(12,13)8-16(7,10)11/h8H,1,3-4H2,2H3. The highest BCUT2D eigenvalue weighted by Crippen LogP contribution is 1.96. The zero-order valence-corrected chi connectivity index (χ0v) is 10.3. The van der Waals surface area contributed by atoms with Crippen molar-refractivity contribution < 1.29 is 34.4 Å². The van der Waals surface area contributed by atoms with Crippen molar-refractivity contribution in [1.29, 1.82) is 0 Å². The van der Waals surface area contributed by atoms with Gasteiger partial charge in [-0.15, -0.1) is 0 Å². The summed E-state index contributed by atoms with van der Waals surface area (Å²) >= 11 is 0. The van der Waals surface area contributed by atoms with Gasteiger partial charge in [-0.1, -0.05) is 14.6 Å². The third-order valence-electron chi connectivity index (χ3n) is 1.11. The van der Waals surface area contributed by atoms with E-state index in [9.17, 15) is 25.5 Å². The maximum atomic E-state index is 11.9. The van der Waals surface area contributed by atoms with Crippen LogP contribution < -0.4 is 4.13 Å². The van der Waals surface area contributed by atoms with Crippen LogP contribution in [0.1, 0.15) is 6.92 Å². The zero-order chi connectivity index (χ0) is 13.7. The average molecular weight is 291 g/mol. The lowest BCUT2D eigenvalue weighted by atomic mass is 10.4. The molecule has 0 aromatic carbocycles. The van der Waals surface area contributed by atoms with Crippen molar-refractivity contribution in [2.45, 2.75) is 6.92 Å². The molecule has 0 bridgehead atoms. The molecule has 0 heterocycles. The molecule has 0 unspecified atom stereocenters. The van der Waals surface area contributed by atoms with E-state index in [1.54, 1.807) is 0 Å². The van der Waals surface area contributed by atoms with E-state index in [1.165, 1.54) is 6.92 Å². The van der Waals surface area contributed by atoms with Crippen LogP contribution in [-0.2, 0) is 34.4 Å². The summed E-state index contributed by atoms with van der Waals surface area (Å²) in [7, 11) is -10.2. The fourth-order valence-electron chi connectivity index (χ4n) is 0.547. The van der Waals surface area contributed by atoms with Gasteiger partial charge in [-0.05, 0) is 6.92 Å². The molecular weight excluding hydrogens is 281 g/mol. The Hall–Kier alpha value is -1.04. The Bertz CT molecular complexity index is 494. The van der Waals surface area contributed by atoms with Gasteiger partial charge in [-0.3, -0.25) is 4.18 Å². The van der Waals surface area contributed by atoms with Crippen LogP contribution in [0, 0.1) is 0 Å². The highest BCUT2D eigenvalue weighted by Gasteiger charge is 2.20. The van der Waals surface area contributed by atoms with Gasteiger partial charge in [-0.25, -0.2) is 4.79 Å². The summed E-state index contributed by atoms with van der Waals surface area (Å²) in [6, 6.07) is 0. The van der Waals surface area contributed by atoms with Crippen molar-refractivity contribution in [2.75, 3.05) is 13.2 Å². The third-order valence-corrected chi connectivity index (χ3v) is 3.19. The number of halogens is 1. The quantitative estimate of drug-likeness (QED) is 0.282. The van der Waals surface area contributed by atoms with Crippen LogP contribution in [0.4, 0.5) is 3.89 Å². The number of ether oxygens (including phenoxy) is 1. The van der Waals surface area contributed by atoms with Crippen molar-refractivity contribution in [3.05, 3.63) is 12.2 Å². The number of esters is 1. The summed E-state index contributed by atoms with van der Waals surface area (Å²) in [6.07, 6.45) is 0. The number of hydrogen-bond donors (Lipinski definition) is 1. The molecule has 0 aliphatic carbocycles. The molecule has 0 aliphatic rings. The molecule has 17 heavy (non-hydrogen) atoms. The number of hydrogen-bond acceptors (Lipinski definition) is 7. The molecule has 11 heteroatoms. The van der Waals surface area contributed by atoms with Gasteiger partial charge in [0.25, 0.3) is 0 Å². The summed E-state index contributed by atoms with van der Waals surface area (Å²) in [4.78, 5) is 10.8. The van der Waals surface area contributed by atoms with Crippen molar-refractivity contribution in [3.8, 4) is 0 Å². The largest absolute Gasteiger partial charge is 0.460 e. The number of carbonyl (C=O) groups excluding carboxylic acids is 1. The van der Waals surface area contributed by atoms with Gasteiger partial charge < -0.3 is 4.74 Å². The Labute approximate surface area is 98.0 Å². The van der Waals surface area contributed by atoms with Crippen LogP contribution in [0.5, 0.6) is 0 Å². The summed E-state index contributed by atoms with van der Waals surface area (Å²) < 4.78 is 62.3. The first-order chi connectivity index (χ1) is 7.53. The highest BCUT2D eigenvalue weighted by atomic mass is 32.3. The van der Waals surface area contributed by atoms with Crippen LogP contribution in [-0.4, -0.2) is 36.0 Å². The molecule has 0 spiro atoms. The van der Waals surface area contributed by atoms with Crippen LogP contribution in [0.15, 0.2) is 12.2 Å². The molecule has 8 nitrogen and oxygen atoms in total. The Morgan fingerprint density at radius 3 is 2.24 bits per heavy atom. The highest BCUT2D eigenvalue weighted by molar-refractivity contribution is 8.00. The zero-order valence-electron chi connectivity index (χ0n) is 8.67. The normalized spacial score (nSPS) is 12.1. The van der Waals surface area contributed by atoms with E-state index < -0.39 is 39.9 Å². The van der Waals surface area contributed by atoms with Crippen LogP contribution in [0.3, 0.4) is 0 Å². The van der Waals surface area contributed by atoms with Crippen LogP contribution in [0.2, 0.25) is 0 Å². The number of carbonyl (C=O) groups is 1. The predicted molar refractivity (Wildman–Crippen MR) is 53.8 cm³/mol. The molecule has 0 aliphatic heterocycles. The minimum absolute atomic E-state index is 0.0947. The van der Waals surface area contributed by atoms with Gasteiger partial charge in [0, 0.05) is 5.57 Å². The molecule has 0 radical (unpaired) electrons. The maximum Gasteiger partial charge on any atom is 0.387 e. The molecule has 1 N–H and O–H groups in total. The topological polar surface area (TPSA) is 116 Å². The lowest BCUT2D eigenvalue weighted by Crippen LogP contribution is -2.30. The summed E-state index contributed by atoms with van der Waals surface area (Å²) in [5.74, 6) is -0.767. The van der Waals surface area contributed by atoms with E-state index in [2.05, 4.69) is 15.5 Å². The van der Waals surface area contributed by atoms with Crippen LogP contribution in [0.25, 0.3) is 0 Å². The Morgan fingerprint density at radius 1 is 1.29 bits per heavy atom. The van der Waals surface area contributed by atoms with Crippen molar-refractivity contribution in [2.24, 2.45) is 0 Å². The molecule has 0 aromatic heterocycles. The van der Waals surface area contributed by atoms with E-state index in [4.69, 9.17) is 0 Å². The maximum absolute atomic E-state index is 11.9. The van der Waals surface area contributed by atoms with Crippen LogP contribution >= 0.6 is 0 Å². The van der Waals surface area contributed by atoms with Gasteiger partial charge in [-0.2, -0.15) is 16.8 Å². The molecule has 0 saturated carbocycles. The van der Waals surface area contributed by atoms with Gasteiger partial charge in [0.05, 0.1) is 0 Å². The summed E-state index contributed by atoms with van der Waals surface area (Å²) in [5.41, 5.74) is 0.0947. The van der Waals surface area contributed by atoms with Gasteiger partial charge in [0.15, 0.2) is 0 Å². The first kappa shape index (κ1) is 16.0.